The molecule has 1 aromatic heterocycles. The molecule has 0 saturated heterocycles. The van der Waals surface area contributed by atoms with Crippen molar-refractivity contribution in [2.24, 2.45) is 0 Å². The molecule has 1 aliphatic rings. The van der Waals surface area contributed by atoms with Crippen molar-refractivity contribution < 1.29 is 23.0 Å². The van der Waals surface area contributed by atoms with Gasteiger partial charge < -0.3 is 14.8 Å². The predicted molar refractivity (Wildman–Crippen MR) is 120 cm³/mol. The molecule has 0 bridgehead atoms. The molecule has 0 fully saturated rings. The van der Waals surface area contributed by atoms with Crippen LogP contribution in [-0.2, 0) is 6.42 Å². The topological polar surface area (TPSA) is 65.4 Å². The monoisotopic (exact) mass is 447 g/mol. The van der Waals surface area contributed by atoms with E-state index in [0.717, 1.165) is 28.9 Å². The highest BCUT2D eigenvalue weighted by Crippen LogP contribution is 2.32. The molecule has 5 rings (SSSR count). The molecule has 2 heterocycles. The average Bonchev–Trinajstić information content (AvgIpc) is 3.47. The van der Waals surface area contributed by atoms with Crippen molar-refractivity contribution >= 4 is 11.7 Å². The fourth-order valence-corrected chi connectivity index (χ4v) is 3.76. The van der Waals surface area contributed by atoms with Gasteiger partial charge in [-0.3, -0.25) is 0 Å². The minimum Gasteiger partial charge on any atom is -0.493 e. The number of carbonyl (C=O) groups excluding carboxylic acids is 1. The Morgan fingerprint density at radius 3 is 2.58 bits per heavy atom. The second kappa shape index (κ2) is 8.74. The van der Waals surface area contributed by atoms with Gasteiger partial charge in [0.25, 0.3) is 0 Å². The maximum Gasteiger partial charge on any atom is 0.387 e. The zero-order chi connectivity index (χ0) is 22.8. The van der Waals surface area contributed by atoms with Crippen LogP contribution in [0, 0.1) is 0 Å². The smallest absolute Gasteiger partial charge is 0.387 e. The lowest BCUT2D eigenvalue weighted by molar-refractivity contribution is -0.0498. The first kappa shape index (κ1) is 20.7. The highest BCUT2D eigenvalue weighted by atomic mass is 19.3. The number of hydrogen-bond donors (Lipinski definition) is 1. The Morgan fingerprint density at radius 2 is 1.82 bits per heavy atom. The van der Waals surface area contributed by atoms with E-state index in [0.29, 0.717) is 23.6 Å². The number of benzene rings is 3. The normalized spacial score (nSPS) is 12.3. The lowest BCUT2D eigenvalue weighted by Crippen LogP contribution is -2.20. The lowest BCUT2D eigenvalue weighted by atomic mass is 10.0. The molecule has 0 spiro atoms. The number of fused-ring (bicyclic) bond motifs is 1. The quantitative estimate of drug-likeness (QED) is 0.418. The summed E-state index contributed by atoms with van der Waals surface area (Å²) in [7, 11) is 0. The summed E-state index contributed by atoms with van der Waals surface area (Å²) in [5.74, 6) is 0.882. The third-order valence-electron chi connectivity index (χ3n) is 5.30. The summed E-state index contributed by atoms with van der Waals surface area (Å²) >= 11 is 0. The van der Waals surface area contributed by atoms with Crippen LogP contribution in [0.5, 0.6) is 11.5 Å². The number of nitrogens with zero attached hydrogens (tertiary/aromatic N) is 2. The molecule has 1 N–H and O–H groups in total. The zero-order valence-electron chi connectivity index (χ0n) is 17.4. The number of aromatic nitrogens is 2. The Hall–Kier alpha value is -4.20. The average molecular weight is 447 g/mol. The minimum absolute atomic E-state index is 0.0489. The van der Waals surface area contributed by atoms with Gasteiger partial charge in [-0.25, -0.2) is 4.79 Å². The van der Waals surface area contributed by atoms with Crippen molar-refractivity contribution in [2.75, 3.05) is 11.9 Å². The van der Waals surface area contributed by atoms with Crippen LogP contribution in [-0.4, -0.2) is 29.0 Å². The molecule has 4 aromatic rings. The van der Waals surface area contributed by atoms with E-state index in [9.17, 15) is 13.6 Å². The number of halogens is 2. The van der Waals surface area contributed by atoms with Gasteiger partial charge in [0, 0.05) is 29.4 Å². The molecule has 0 radical (unpaired) electrons. The van der Waals surface area contributed by atoms with E-state index in [2.05, 4.69) is 15.2 Å². The molecule has 166 valence electrons. The number of ether oxygens (including phenoxy) is 2. The maximum atomic E-state index is 13.0. The molecule has 6 nitrogen and oxygen atoms in total. The number of hydrogen-bond acceptors (Lipinski definition) is 4. The fourth-order valence-electron chi connectivity index (χ4n) is 3.76. The summed E-state index contributed by atoms with van der Waals surface area (Å²) in [6.07, 6.45) is 2.45. The standard InChI is InChI=1S/C25H19F2N3O3/c26-24(27)33-20-9-6-17(7-10-20)23-21(16-4-2-1-3-5-16)15-30(29-23)25(31)28-19-8-11-22-18(14-19)12-13-32-22/h1-11,14-15,24H,12-13H2,(H,28,31). The Kier molecular flexibility index (Phi) is 5.48. The number of amides is 1. The first-order valence-electron chi connectivity index (χ1n) is 10.3. The van der Waals surface area contributed by atoms with E-state index in [1.54, 1.807) is 24.4 Å². The van der Waals surface area contributed by atoms with Crippen molar-refractivity contribution in [3.8, 4) is 33.9 Å². The lowest BCUT2D eigenvalue weighted by Gasteiger charge is -2.07. The first-order chi connectivity index (χ1) is 16.1. The van der Waals surface area contributed by atoms with Crippen LogP contribution >= 0.6 is 0 Å². The van der Waals surface area contributed by atoms with Gasteiger partial charge in [-0.05, 0) is 53.6 Å². The summed E-state index contributed by atoms with van der Waals surface area (Å²) in [6.45, 7) is -2.26. The van der Waals surface area contributed by atoms with Crippen molar-refractivity contribution in [1.82, 2.24) is 9.78 Å². The van der Waals surface area contributed by atoms with Crippen molar-refractivity contribution in [3.05, 3.63) is 84.6 Å². The molecule has 3 aromatic carbocycles. The Bertz CT molecular complexity index is 1290. The minimum atomic E-state index is -2.90. The number of alkyl halides is 2. The second-order valence-electron chi connectivity index (χ2n) is 7.46. The van der Waals surface area contributed by atoms with Crippen LogP contribution in [0.25, 0.3) is 22.4 Å². The van der Waals surface area contributed by atoms with Crippen molar-refractivity contribution in [1.29, 1.82) is 0 Å². The second-order valence-corrected chi connectivity index (χ2v) is 7.46. The Morgan fingerprint density at radius 1 is 1.03 bits per heavy atom. The number of nitrogens with one attached hydrogen (secondary N) is 1. The van der Waals surface area contributed by atoms with Gasteiger partial charge in [0.15, 0.2) is 0 Å². The van der Waals surface area contributed by atoms with E-state index < -0.39 is 12.6 Å². The van der Waals surface area contributed by atoms with Gasteiger partial charge in [-0.15, -0.1) is 0 Å². The highest BCUT2D eigenvalue weighted by molar-refractivity contribution is 5.93. The number of anilines is 1. The number of rotatable bonds is 5. The van der Waals surface area contributed by atoms with Gasteiger partial charge in [-0.2, -0.15) is 18.6 Å². The molecular formula is C25H19F2N3O3. The van der Waals surface area contributed by atoms with Gasteiger partial charge in [0.1, 0.15) is 17.2 Å². The van der Waals surface area contributed by atoms with Crippen LogP contribution in [0.1, 0.15) is 5.56 Å². The fraction of sp³-hybridized carbons (Fsp3) is 0.120. The molecule has 8 heteroatoms. The van der Waals surface area contributed by atoms with Crippen molar-refractivity contribution in [2.45, 2.75) is 13.0 Å². The summed E-state index contributed by atoms with van der Waals surface area (Å²) in [6, 6.07) is 20.8. The van der Waals surface area contributed by atoms with Crippen LogP contribution in [0.3, 0.4) is 0 Å². The largest absolute Gasteiger partial charge is 0.493 e. The zero-order valence-corrected chi connectivity index (χ0v) is 17.4. The van der Waals surface area contributed by atoms with Gasteiger partial charge in [0.05, 0.1) is 6.61 Å². The highest BCUT2D eigenvalue weighted by Gasteiger charge is 2.18. The van der Waals surface area contributed by atoms with Gasteiger partial charge in [0.2, 0.25) is 0 Å². The van der Waals surface area contributed by atoms with E-state index in [4.69, 9.17) is 4.74 Å². The Balaban J connectivity index is 1.47. The molecular weight excluding hydrogens is 428 g/mol. The van der Waals surface area contributed by atoms with Gasteiger partial charge in [-0.1, -0.05) is 30.3 Å². The molecule has 0 aliphatic carbocycles. The molecule has 0 saturated carbocycles. The van der Waals surface area contributed by atoms with E-state index in [1.807, 2.05) is 42.5 Å². The first-order valence-corrected chi connectivity index (χ1v) is 10.3. The SMILES string of the molecule is O=C(Nc1ccc2c(c1)CCO2)n1cc(-c2ccccc2)c(-c2ccc(OC(F)F)cc2)n1. The molecule has 0 unspecified atom stereocenters. The summed E-state index contributed by atoms with van der Waals surface area (Å²) in [4.78, 5) is 13.0. The van der Waals surface area contributed by atoms with Crippen LogP contribution in [0.4, 0.5) is 19.3 Å². The third kappa shape index (κ3) is 4.41. The van der Waals surface area contributed by atoms with Crippen molar-refractivity contribution in [3.63, 3.8) is 0 Å². The van der Waals surface area contributed by atoms with E-state index >= 15 is 0 Å². The Labute approximate surface area is 188 Å². The summed E-state index contributed by atoms with van der Waals surface area (Å²) in [5.41, 5.74) is 4.50. The molecule has 1 aliphatic heterocycles. The summed E-state index contributed by atoms with van der Waals surface area (Å²) < 4.78 is 36.1. The summed E-state index contributed by atoms with van der Waals surface area (Å²) in [5, 5.41) is 7.37. The van der Waals surface area contributed by atoms with Crippen LogP contribution < -0.4 is 14.8 Å². The maximum absolute atomic E-state index is 13.0. The van der Waals surface area contributed by atoms with Crippen LogP contribution in [0.15, 0.2) is 79.0 Å². The number of carbonyl (C=O) groups is 1. The van der Waals surface area contributed by atoms with Crippen LogP contribution in [0.2, 0.25) is 0 Å². The third-order valence-corrected chi connectivity index (χ3v) is 5.30. The molecule has 33 heavy (non-hydrogen) atoms. The van der Waals surface area contributed by atoms with Gasteiger partial charge >= 0.3 is 12.6 Å². The molecule has 1 amide bonds. The van der Waals surface area contributed by atoms with E-state index in [1.165, 1.54) is 16.8 Å². The predicted octanol–water partition coefficient (Wildman–Crippen LogP) is 5.83. The van der Waals surface area contributed by atoms with E-state index in [-0.39, 0.29) is 5.75 Å². The molecule has 0 atom stereocenters.